The number of rotatable bonds is 4. The van der Waals surface area contributed by atoms with Gasteiger partial charge in [-0.3, -0.25) is 0 Å². The molecule has 0 aliphatic heterocycles. The molecule has 0 unspecified atom stereocenters. The molecule has 1 heteroatoms. The second kappa shape index (κ2) is 12.0. The van der Waals surface area contributed by atoms with E-state index in [0.717, 1.165) is 6.42 Å². The van der Waals surface area contributed by atoms with E-state index in [4.69, 9.17) is 0 Å². The summed E-state index contributed by atoms with van der Waals surface area (Å²) in [4.78, 5) is 0. The van der Waals surface area contributed by atoms with Crippen LogP contribution in [-0.4, -0.2) is 0 Å². The highest BCUT2D eigenvalue weighted by atomic mass is 14.8. The van der Waals surface area contributed by atoms with E-state index >= 15 is 0 Å². The van der Waals surface area contributed by atoms with Crippen LogP contribution >= 0.6 is 0 Å². The molecule has 0 heterocycles. The first kappa shape index (κ1) is 12.9. The van der Waals surface area contributed by atoms with Crippen LogP contribution in [0.15, 0.2) is 24.6 Å². The summed E-state index contributed by atoms with van der Waals surface area (Å²) in [5.41, 5.74) is 1.26. The molecule has 66 valence electrons. The molecule has 0 bridgehead atoms. The van der Waals surface area contributed by atoms with E-state index in [-0.39, 0.29) is 0 Å². The van der Waals surface area contributed by atoms with E-state index in [0.29, 0.717) is 0 Å². The van der Waals surface area contributed by atoms with Gasteiger partial charge in [0.25, 0.3) is 0 Å². The van der Waals surface area contributed by atoms with Crippen molar-refractivity contribution >= 4 is 0 Å². The molecule has 1 N–H and O–H groups in total. The predicted octanol–water partition coefficient (Wildman–Crippen LogP) is 3.45. The van der Waals surface area contributed by atoms with Gasteiger partial charge in [-0.1, -0.05) is 39.8 Å². The molecule has 0 saturated heterocycles. The van der Waals surface area contributed by atoms with Gasteiger partial charge < -0.3 is 5.32 Å². The maximum atomic E-state index is 3.58. The second-order valence-electron chi connectivity index (χ2n) is 1.91. The second-order valence-corrected chi connectivity index (χ2v) is 1.91. The topological polar surface area (TPSA) is 12.0 Å². The molecule has 0 atom stereocenters. The van der Waals surface area contributed by atoms with Crippen molar-refractivity contribution in [2.24, 2.45) is 0 Å². The van der Waals surface area contributed by atoms with Crippen LogP contribution in [0.1, 0.15) is 40.5 Å². The predicted molar refractivity (Wildman–Crippen MR) is 53.3 cm³/mol. The lowest BCUT2D eigenvalue weighted by molar-refractivity contribution is 0.837. The van der Waals surface area contributed by atoms with E-state index in [9.17, 15) is 0 Å². The monoisotopic (exact) mass is 155 g/mol. The van der Waals surface area contributed by atoms with E-state index in [2.05, 4.69) is 24.9 Å². The normalized spacial score (nSPS) is 9.64. The van der Waals surface area contributed by atoms with Gasteiger partial charge in [0.15, 0.2) is 0 Å². The first-order valence-corrected chi connectivity index (χ1v) is 4.37. The molecular weight excluding hydrogens is 134 g/mol. The van der Waals surface area contributed by atoms with E-state index in [1.165, 1.54) is 12.1 Å². The summed E-state index contributed by atoms with van der Waals surface area (Å²) < 4.78 is 0. The Morgan fingerprint density at radius 2 is 2.00 bits per heavy atom. The van der Waals surface area contributed by atoms with Crippen LogP contribution in [-0.2, 0) is 0 Å². The fraction of sp³-hybridized carbons (Fsp3) is 0.600. The number of hydrogen-bond acceptors (Lipinski definition) is 1. The summed E-state index contributed by atoms with van der Waals surface area (Å²) >= 11 is 0. The van der Waals surface area contributed by atoms with Crippen molar-refractivity contribution in [3.8, 4) is 0 Å². The molecule has 0 aromatic rings. The van der Waals surface area contributed by atoms with Crippen LogP contribution in [0.4, 0.5) is 0 Å². The highest BCUT2D eigenvalue weighted by Gasteiger charge is 1.86. The summed E-state index contributed by atoms with van der Waals surface area (Å²) in [7, 11) is 0. The molecule has 0 aromatic carbocycles. The van der Waals surface area contributed by atoms with E-state index < -0.39 is 0 Å². The third-order valence-corrected chi connectivity index (χ3v) is 1.16. The Kier molecular flexibility index (Phi) is 14.1. The quantitative estimate of drug-likeness (QED) is 0.655. The standard InChI is InChI=1S/C8H15N.C2H6/c1-4-7-8(5-2)9-6-3;1-2/h5-6,9H,3-4,7H2,1-2H3;1-2H3/b8-5-;. The van der Waals surface area contributed by atoms with Gasteiger partial charge >= 0.3 is 0 Å². The zero-order chi connectivity index (χ0) is 9.11. The summed E-state index contributed by atoms with van der Waals surface area (Å²) in [5, 5.41) is 3.06. The molecule has 1 nitrogen and oxygen atoms in total. The SMILES string of the molecule is C=CN/C(=C\C)CCC.CC. The van der Waals surface area contributed by atoms with Crippen molar-refractivity contribution in [1.29, 1.82) is 0 Å². The molecule has 0 fully saturated rings. The van der Waals surface area contributed by atoms with Gasteiger partial charge in [-0.2, -0.15) is 0 Å². The van der Waals surface area contributed by atoms with Gasteiger partial charge in [-0.05, 0) is 19.5 Å². The summed E-state index contributed by atoms with van der Waals surface area (Å²) in [6, 6.07) is 0. The Bertz CT molecular complexity index is 103. The van der Waals surface area contributed by atoms with Crippen LogP contribution in [0.25, 0.3) is 0 Å². The van der Waals surface area contributed by atoms with Crippen molar-refractivity contribution in [3.05, 3.63) is 24.6 Å². The third kappa shape index (κ3) is 9.28. The van der Waals surface area contributed by atoms with Gasteiger partial charge in [-0.15, -0.1) is 0 Å². The van der Waals surface area contributed by atoms with Gasteiger partial charge in [0.2, 0.25) is 0 Å². The maximum Gasteiger partial charge on any atom is 0.0103 e. The molecule has 0 radical (unpaired) electrons. The first-order valence-electron chi connectivity index (χ1n) is 4.37. The molecule has 0 amide bonds. The van der Waals surface area contributed by atoms with Gasteiger partial charge in [0, 0.05) is 5.70 Å². The largest absolute Gasteiger partial charge is 0.366 e. The summed E-state index contributed by atoms with van der Waals surface area (Å²) in [5.74, 6) is 0. The molecule has 0 saturated carbocycles. The Hall–Kier alpha value is -0.720. The van der Waals surface area contributed by atoms with Crippen LogP contribution in [0.3, 0.4) is 0 Å². The van der Waals surface area contributed by atoms with Crippen molar-refractivity contribution in [2.75, 3.05) is 0 Å². The number of allylic oxidation sites excluding steroid dienone is 2. The number of nitrogens with one attached hydrogen (secondary N) is 1. The summed E-state index contributed by atoms with van der Waals surface area (Å²) in [6.45, 7) is 11.8. The molecule has 0 aliphatic carbocycles. The Morgan fingerprint density at radius 1 is 1.45 bits per heavy atom. The maximum absolute atomic E-state index is 3.58. The molecular formula is C10H21N. The van der Waals surface area contributed by atoms with Crippen LogP contribution < -0.4 is 5.32 Å². The van der Waals surface area contributed by atoms with Crippen LogP contribution in [0.2, 0.25) is 0 Å². The molecule has 0 aliphatic rings. The van der Waals surface area contributed by atoms with Crippen LogP contribution in [0.5, 0.6) is 0 Å². The Labute approximate surface area is 71.2 Å². The first-order chi connectivity index (χ1) is 5.35. The van der Waals surface area contributed by atoms with E-state index in [1.54, 1.807) is 6.20 Å². The molecule has 11 heavy (non-hydrogen) atoms. The highest BCUT2D eigenvalue weighted by Crippen LogP contribution is 1.98. The zero-order valence-corrected chi connectivity index (χ0v) is 8.28. The highest BCUT2D eigenvalue weighted by molar-refractivity contribution is 4.99. The lowest BCUT2D eigenvalue weighted by Gasteiger charge is -2.02. The minimum atomic E-state index is 1.11. The third-order valence-electron chi connectivity index (χ3n) is 1.16. The fourth-order valence-corrected chi connectivity index (χ4v) is 0.700. The molecule has 0 rings (SSSR count). The smallest absolute Gasteiger partial charge is 0.0103 e. The average Bonchev–Trinajstić information content (AvgIpc) is 2.08. The summed E-state index contributed by atoms with van der Waals surface area (Å²) in [6.07, 6.45) is 6.08. The minimum absolute atomic E-state index is 1.11. The fourth-order valence-electron chi connectivity index (χ4n) is 0.700. The van der Waals surface area contributed by atoms with Gasteiger partial charge in [0.05, 0.1) is 0 Å². The lowest BCUT2D eigenvalue weighted by Crippen LogP contribution is -2.02. The molecule has 0 spiro atoms. The molecule has 0 aromatic heterocycles. The average molecular weight is 155 g/mol. The van der Waals surface area contributed by atoms with Crippen LogP contribution in [0, 0.1) is 0 Å². The van der Waals surface area contributed by atoms with Crippen molar-refractivity contribution < 1.29 is 0 Å². The Balaban J connectivity index is 0. The van der Waals surface area contributed by atoms with Gasteiger partial charge in [0.1, 0.15) is 0 Å². The van der Waals surface area contributed by atoms with Crippen molar-refractivity contribution in [1.82, 2.24) is 5.32 Å². The zero-order valence-electron chi connectivity index (χ0n) is 8.28. The Morgan fingerprint density at radius 3 is 2.27 bits per heavy atom. The minimum Gasteiger partial charge on any atom is -0.366 e. The lowest BCUT2D eigenvalue weighted by atomic mass is 10.2. The van der Waals surface area contributed by atoms with Gasteiger partial charge in [-0.25, -0.2) is 0 Å². The van der Waals surface area contributed by atoms with Crippen molar-refractivity contribution in [3.63, 3.8) is 0 Å². The van der Waals surface area contributed by atoms with E-state index in [1.807, 2.05) is 20.8 Å². The number of hydrogen-bond donors (Lipinski definition) is 1. The van der Waals surface area contributed by atoms with Crippen molar-refractivity contribution in [2.45, 2.75) is 40.5 Å².